The second-order valence-corrected chi connectivity index (χ2v) is 10.7. The first-order valence-electron chi connectivity index (χ1n) is 14.0. The van der Waals surface area contributed by atoms with Crippen LogP contribution in [0.25, 0.3) is 87.5 Å². The van der Waals surface area contributed by atoms with Crippen LogP contribution < -0.4 is 0 Å². The van der Waals surface area contributed by atoms with Crippen LogP contribution in [0.3, 0.4) is 0 Å². The summed E-state index contributed by atoms with van der Waals surface area (Å²) in [5.41, 5.74) is 7.32. The maximum Gasteiger partial charge on any atom is 0.136 e. The number of para-hydroxylation sites is 2. The second-order valence-electron chi connectivity index (χ2n) is 10.7. The molecule has 2 heteroatoms. The van der Waals surface area contributed by atoms with E-state index in [4.69, 9.17) is 9.40 Å². The Labute approximate surface area is 236 Å². The van der Waals surface area contributed by atoms with Gasteiger partial charge in [-0.2, -0.15) is 0 Å². The smallest absolute Gasteiger partial charge is 0.136 e. The Kier molecular flexibility index (Phi) is 4.64. The van der Waals surface area contributed by atoms with Gasteiger partial charge in [-0.15, -0.1) is 0 Å². The fourth-order valence-electron chi connectivity index (χ4n) is 6.58. The average Bonchev–Trinajstić information content (AvgIpc) is 3.43. The standard InChI is InChI=1S/C39H23NO/c1-2-10-27-26(9-1)23-33(29-12-4-3-11-28(27)29)24-17-19-25(20-18-24)39-32-21-22-36-38(31-14-6-8-16-35(31)41-36)37(32)30-13-5-7-15-34(30)40-39/h1-23H. The highest BCUT2D eigenvalue weighted by molar-refractivity contribution is 6.28. The summed E-state index contributed by atoms with van der Waals surface area (Å²) in [6.07, 6.45) is 0. The van der Waals surface area contributed by atoms with Crippen LogP contribution in [0.15, 0.2) is 144 Å². The maximum atomic E-state index is 6.26. The lowest BCUT2D eigenvalue weighted by Gasteiger charge is -2.13. The molecule has 7 aromatic carbocycles. The first-order valence-corrected chi connectivity index (χ1v) is 14.0. The van der Waals surface area contributed by atoms with E-state index in [1.807, 2.05) is 12.1 Å². The van der Waals surface area contributed by atoms with Crippen molar-refractivity contribution >= 4 is 65.2 Å². The Morgan fingerprint density at radius 1 is 0.415 bits per heavy atom. The number of pyridine rings is 1. The molecule has 0 unspecified atom stereocenters. The maximum absolute atomic E-state index is 6.26. The van der Waals surface area contributed by atoms with Crippen molar-refractivity contribution < 1.29 is 4.42 Å². The molecule has 190 valence electrons. The summed E-state index contributed by atoms with van der Waals surface area (Å²) < 4.78 is 6.26. The minimum Gasteiger partial charge on any atom is -0.456 e. The van der Waals surface area contributed by atoms with Gasteiger partial charge in [0.25, 0.3) is 0 Å². The molecule has 0 saturated heterocycles. The SMILES string of the molecule is c1ccc2c(c1)cc(-c1ccc(-c3nc4ccccc4c4c3ccc3oc5ccccc5c34)cc1)c1ccccc12. The van der Waals surface area contributed by atoms with E-state index >= 15 is 0 Å². The predicted molar refractivity (Wildman–Crippen MR) is 172 cm³/mol. The summed E-state index contributed by atoms with van der Waals surface area (Å²) in [7, 11) is 0. The van der Waals surface area contributed by atoms with E-state index in [9.17, 15) is 0 Å². The largest absolute Gasteiger partial charge is 0.456 e. The van der Waals surface area contributed by atoms with E-state index in [2.05, 4.69) is 127 Å². The van der Waals surface area contributed by atoms with Crippen molar-refractivity contribution in [2.24, 2.45) is 0 Å². The van der Waals surface area contributed by atoms with Crippen molar-refractivity contribution in [3.8, 4) is 22.4 Å². The molecular weight excluding hydrogens is 498 g/mol. The molecule has 2 heterocycles. The molecule has 0 bridgehead atoms. The van der Waals surface area contributed by atoms with E-state index in [1.165, 1.54) is 38.1 Å². The van der Waals surface area contributed by atoms with Gasteiger partial charge in [0.05, 0.1) is 11.2 Å². The molecule has 0 atom stereocenters. The van der Waals surface area contributed by atoms with Crippen molar-refractivity contribution in [3.63, 3.8) is 0 Å². The fourth-order valence-corrected chi connectivity index (χ4v) is 6.58. The summed E-state index contributed by atoms with van der Waals surface area (Å²) in [5, 5.41) is 10.8. The van der Waals surface area contributed by atoms with E-state index in [0.717, 1.165) is 49.5 Å². The summed E-state index contributed by atoms with van der Waals surface area (Å²) in [6.45, 7) is 0. The number of rotatable bonds is 2. The number of fused-ring (bicyclic) bond motifs is 10. The zero-order valence-corrected chi connectivity index (χ0v) is 22.1. The quantitative estimate of drug-likeness (QED) is 0.211. The van der Waals surface area contributed by atoms with Crippen LogP contribution in [0, 0.1) is 0 Å². The Morgan fingerprint density at radius 2 is 1.07 bits per heavy atom. The lowest BCUT2D eigenvalue weighted by atomic mass is 9.92. The van der Waals surface area contributed by atoms with Crippen molar-refractivity contribution in [2.45, 2.75) is 0 Å². The van der Waals surface area contributed by atoms with Crippen LogP contribution in [-0.4, -0.2) is 4.98 Å². The van der Waals surface area contributed by atoms with Gasteiger partial charge < -0.3 is 4.42 Å². The van der Waals surface area contributed by atoms with E-state index in [1.54, 1.807) is 0 Å². The lowest BCUT2D eigenvalue weighted by molar-refractivity contribution is 0.669. The zero-order chi connectivity index (χ0) is 26.9. The van der Waals surface area contributed by atoms with Crippen molar-refractivity contribution in [3.05, 3.63) is 140 Å². The lowest BCUT2D eigenvalue weighted by Crippen LogP contribution is -1.91. The predicted octanol–water partition coefficient (Wildman–Crippen LogP) is 10.9. The van der Waals surface area contributed by atoms with Gasteiger partial charge in [0, 0.05) is 32.5 Å². The topological polar surface area (TPSA) is 26.0 Å². The average molecular weight is 522 g/mol. The molecule has 0 aliphatic heterocycles. The minimum absolute atomic E-state index is 0.902. The van der Waals surface area contributed by atoms with Gasteiger partial charge in [0.15, 0.2) is 0 Å². The Hall–Kier alpha value is -5.47. The van der Waals surface area contributed by atoms with E-state index in [-0.39, 0.29) is 0 Å². The van der Waals surface area contributed by atoms with Crippen LogP contribution in [0.2, 0.25) is 0 Å². The molecule has 0 radical (unpaired) electrons. The van der Waals surface area contributed by atoms with Gasteiger partial charge in [0.1, 0.15) is 11.2 Å². The molecule has 2 aromatic heterocycles. The highest BCUT2D eigenvalue weighted by atomic mass is 16.3. The van der Waals surface area contributed by atoms with Crippen LogP contribution in [-0.2, 0) is 0 Å². The number of aromatic nitrogens is 1. The summed E-state index contributed by atoms with van der Waals surface area (Å²) in [6, 6.07) is 49.5. The molecule has 0 N–H and O–H groups in total. The van der Waals surface area contributed by atoms with Crippen molar-refractivity contribution in [2.75, 3.05) is 0 Å². The summed E-state index contributed by atoms with van der Waals surface area (Å²) in [5.74, 6) is 0. The third kappa shape index (κ3) is 3.28. The number of hydrogen-bond acceptors (Lipinski definition) is 2. The van der Waals surface area contributed by atoms with Crippen molar-refractivity contribution in [1.29, 1.82) is 0 Å². The molecule has 0 saturated carbocycles. The van der Waals surface area contributed by atoms with Gasteiger partial charge in [0.2, 0.25) is 0 Å². The van der Waals surface area contributed by atoms with E-state index in [0.29, 0.717) is 0 Å². The minimum atomic E-state index is 0.902. The van der Waals surface area contributed by atoms with Crippen LogP contribution in [0.1, 0.15) is 0 Å². The molecule has 9 aromatic rings. The first-order chi connectivity index (χ1) is 20.3. The third-order valence-corrected chi connectivity index (χ3v) is 8.44. The molecule has 0 spiro atoms. The number of benzene rings is 7. The van der Waals surface area contributed by atoms with Gasteiger partial charge in [-0.25, -0.2) is 4.98 Å². The van der Waals surface area contributed by atoms with Gasteiger partial charge >= 0.3 is 0 Å². The Bertz CT molecular complexity index is 2470. The Balaban J connectivity index is 1.29. The number of nitrogens with zero attached hydrogens (tertiary/aromatic N) is 1. The number of furan rings is 1. The van der Waals surface area contributed by atoms with Gasteiger partial charge in [-0.05, 0) is 63.0 Å². The molecule has 0 fully saturated rings. The molecule has 0 aliphatic rings. The molecule has 0 aliphatic carbocycles. The summed E-state index contributed by atoms with van der Waals surface area (Å²) in [4.78, 5) is 5.21. The molecule has 2 nitrogen and oxygen atoms in total. The third-order valence-electron chi connectivity index (χ3n) is 8.44. The monoisotopic (exact) mass is 521 g/mol. The highest BCUT2D eigenvalue weighted by Gasteiger charge is 2.17. The molecule has 9 rings (SSSR count). The Morgan fingerprint density at radius 3 is 1.93 bits per heavy atom. The van der Waals surface area contributed by atoms with E-state index < -0.39 is 0 Å². The fraction of sp³-hybridized carbons (Fsp3) is 0. The number of hydrogen-bond donors (Lipinski definition) is 0. The van der Waals surface area contributed by atoms with Crippen LogP contribution in [0.4, 0.5) is 0 Å². The zero-order valence-electron chi connectivity index (χ0n) is 22.1. The molecular formula is C39H23NO. The highest BCUT2D eigenvalue weighted by Crippen LogP contribution is 2.42. The van der Waals surface area contributed by atoms with Crippen LogP contribution in [0.5, 0.6) is 0 Å². The van der Waals surface area contributed by atoms with Gasteiger partial charge in [-0.1, -0.05) is 109 Å². The van der Waals surface area contributed by atoms with Crippen LogP contribution >= 0.6 is 0 Å². The first kappa shape index (κ1) is 22.4. The summed E-state index contributed by atoms with van der Waals surface area (Å²) >= 11 is 0. The molecule has 0 amide bonds. The molecule has 41 heavy (non-hydrogen) atoms. The second kappa shape index (κ2) is 8.51. The van der Waals surface area contributed by atoms with Crippen molar-refractivity contribution in [1.82, 2.24) is 4.98 Å². The van der Waals surface area contributed by atoms with Gasteiger partial charge in [-0.3, -0.25) is 0 Å². The normalized spacial score (nSPS) is 11.9.